The number of alkyl carbamates (subject to hydrolysis) is 2. The second kappa shape index (κ2) is 17.0. The highest BCUT2D eigenvalue weighted by Crippen LogP contribution is 2.55. The number of benzene rings is 3. The van der Waals surface area contributed by atoms with Gasteiger partial charge in [0.15, 0.2) is 0 Å². The molecule has 5 fully saturated rings. The number of carbonyl (C=O) groups is 4. The van der Waals surface area contributed by atoms with Crippen LogP contribution in [0, 0.1) is 23.7 Å². The monoisotopic (exact) mass is 882 g/mol. The fourth-order valence-electron chi connectivity index (χ4n) is 11.1. The maximum absolute atomic E-state index is 14.5. The Morgan fingerprint density at radius 3 is 1.71 bits per heavy atom. The summed E-state index contributed by atoms with van der Waals surface area (Å²) >= 11 is 0. The number of piperidine rings is 2. The van der Waals surface area contributed by atoms with Gasteiger partial charge in [-0.2, -0.15) is 0 Å². The molecule has 2 saturated carbocycles. The molecule has 340 valence electrons. The van der Waals surface area contributed by atoms with Crippen molar-refractivity contribution in [1.29, 1.82) is 0 Å². The Hall–Kier alpha value is -6.22. The highest BCUT2D eigenvalue weighted by atomic mass is 16.5. The van der Waals surface area contributed by atoms with E-state index < -0.39 is 24.3 Å². The van der Waals surface area contributed by atoms with Gasteiger partial charge in [0, 0.05) is 17.6 Å². The van der Waals surface area contributed by atoms with Gasteiger partial charge < -0.3 is 44.6 Å². The van der Waals surface area contributed by atoms with Gasteiger partial charge in [-0.15, -0.1) is 0 Å². The Labute approximate surface area is 378 Å². The van der Waals surface area contributed by atoms with Gasteiger partial charge in [-0.1, -0.05) is 62.4 Å². The summed E-state index contributed by atoms with van der Waals surface area (Å²) in [5, 5.41) is 7.85. The molecule has 11 atom stereocenters. The quantitative estimate of drug-likeness (QED) is 0.102. The Bertz CT molecular complexity index is 2610. The summed E-state index contributed by atoms with van der Waals surface area (Å²) in [5.41, 5.74) is 5.94. The first-order chi connectivity index (χ1) is 31.4. The molecule has 2 aliphatic carbocycles. The number of imidazole rings is 2. The van der Waals surface area contributed by atoms with E-state index in [1.165, 1.54) is 14.2 Å². The molecule has 2 unspecified atom stereocenters. The lowest BCUT2D eigenvalue weighted by molar-refractivity contribution is -0.140. The smallest absolute Gasteiger partial charge is 0.407 e. The molecule has 2 aromatic heterocycles. The molecule has 3 saturated heterocycles. The summed E-state index contributed by atoms with van der Waals surface area (Å²) < 4.78 is 15.8. The Morgan fingerprint density at radius 2 is 1.14 bits per heavy atom. The normalized spacial score (nSPS) is 27.5. The highest BCUT2D eigenvalue weighted by molar-refractivity contribution is 5.91. The molecule has 5 heterocycles. The molecule has 65 heavy (non-hydrogen) atoms. The van der Waals surface area contributed by atoms with Crippen LogP contribution in [-0.2, 0) is 23.8 Å². The molecule has 3 aromatic carbocycles. The van der Waals surface area contributed by atoms with E-state index in [2.05, 4.69) is 81.3 Å². The second-order valence-electron chi connectivity index (χ2n) is 19.3. The minimum absolute atomic E-state index is 0.0107. The SMILES string of the molecule is COC(=O)NC(C(=O)N1[C@@H]2C[C@@H]2C[C@H]1c1ncc(-c2ccc3cc(-c4ccc(-c5cnc([C@@H]6C[C@H]7C[C@H]7N6C(=O)[C@@H](NC(=O)OC)C(C)C)[nH]5)cc4)ccc3c2)[nH]1)C1C[C@@H](C)O[C@@H](C)C1. The lowest BCUT2D eigenvalue weighted by atomic mass is 9.85. The number of likely N-dealkylation sites (tertiary alicyclic amines) is 2. The number of H-pyrrole nitrogens is 2. The molecule has 5 aromatic rings. The van der Waals surface area contributed by atoms with E-state index in [0.29, 0.717) is 24.7 Å². The third-order valence-electron chi connectivity index (χ3n) is 14.5. The third kappa shape index (κ3) is 8.23. The van der Waals surface area contributed by atoms with Crippen LogP contribution in [0.5, 0.6) is 0 Å². The van der Waals surface area contributed by atoms with Crippen molar-refractivity contribution < 1.29 is 33.4 Å². The molecular weight excluding hydrogens is 825 g/mol. The molecule has 10 rings (SSSR count). The molecule has 0 spiro atoms. The van der Waals surface area contributed by atoms with Gasteiger partial charge in [-0.25, -0.2) is 19.6 Å². The number of nitrogens with one attached hydrogen (secondary N) is 4. The van der Waals surface area contributed by atoms with Crippen molar-refractivity contribution in [2.45, 2.75) is 115 Å². The van der Waals surface area contributed by atoms with Crippen LogP contribution in [0.2, 0.25) is 0 Å². The molecule has 15 heteroatoms. The summed E-state index contributed by atoms with van der Waals surface area (Å²) in [5.74, 6) is 2.04. The summed E-state index contributed by atoms with van der Waals surface area (Å²) in [6.07, 6.45) is 7.43. The number of rotatable bonds is 11. The average Bonchev–Trinajstić information content (AvgIpc) is 3.89. The van der Waals surface area contributed by atoms with E-state index in [-0.39, 0.29) is 60.0 Å². The van der Waals surface area contributed by atoms with Gasteiger partial charge in [0.1, 0.15) is 23.7 Å². The van der Waals surface area contributed by atoms with Crippen molar-refractivity contribution >= 4 is 34.8 Å². The van der Waals surface area contributed by atoms with Crippen molar-refractivity contribution in [3.63, 3.8) is 0 Å². The Kier molecular flexibility index (Phi) is 11.2. The number of methoxy groups -OCH3 is 2. The minimum Gasteiger partial charge on any atom is -0.453 e. The average molecular weight is 883 g/mol. The zero-order valence-electron chi connectivity index (χ0n) is 37.7. The first-order valence-electron chi connectivity index (χ1n) is 23.1. The van der Waals surface area contributed by atoms with Gasteiger partial charge in [0.25, 0.3) is 0 Å². The molecule has 15 nitrogen and oxygen atoms in total. The number of fused-ring (bicyclic) bond motifs is 3. The van der Waals surface area contributed by atoms with E-state index in [0.717, 1.165) is 81.7 Å². The standard InChI is InChI=1S/C50H58N8O7/c1-25(2)43(55-49(61)63-5)47(59)57-39-19-34(39)21-41(57)45-51-23-37(53-45)29-9-7-28(8-10-29)30-11-12-32-18-33(14-13-31(32)17-30)38-24-52-46(54-38)42-22-35-20-40(35)58(42)48(60)44(56-50(62)64-6)36-15-26(3)65-27(4)16-36/h7-14,17-18,23-27,34-36,39-44H,15-16,19-22H2,1-6H3,(H,51,53)(H,52,54)(H,55,61)(H,56,62)/t26-,27+,34-,35-,36?,39-,40-,41+,42+,43+,44?/m1/s1. The zero-order chi connectivity index (χ0) is 45.3. The van der Waals surface area contributed by atoms with E-state index >= 15 is 0 Å². The molecular formula is C50H58N8O7. The van der Waals surface area contributed by atoms with Crippen molar-refractivity contribution in [2.75, 3.05) is 14.2 Å². The van der Waals surface area contributed by atoms with Gasteiger partial charge >= 0.3 is 12.2 Å². The van der Waals surface area contributed by atoms with E-state index in [4.69, 9.17) is 24.2 Å². The maximum Gasteiger partial charge on any atom is 0.407 e. The first-order valence-corrected chi connectivity index (χ1v) is 23.1. The number of hydrogen-bond acceptors (Lipinski definition) is 9. The highest BCUT2D eigenvalue weighted by Gasteiger charge is 2.58. The molecule has 5 aliphatic rings. The predicted octanol–water partition coefficient (Wildman–Crippen LogP) is 7.92. The zero-order valence-corrected chi connectivity index (χ0v) is 37.7. The van der Waals surface area contributed by atoms with Crippen LogP contribution in [0.1, 0.15) is 90.0 Å². The van der Waals surface area contributed by atoms with Crippen LogP contribution < -0.4 is 10.6 Å². The molecule has 0 bridgehead atoms. The van der Waals surface area contributed by atoms with Gasteiger partial charge in [0.05, 0.1) is 62.3 Å². The van der Waals surface area contributed by atoms with Crippen molar-refractivity contribution in [3.8, 4) is 33.6 Å². The predicted molar refractivity (Wildman–Crippen MR) is 243 cm³/mol. The Balaban J connectivity index is 0.821. The van der Waals surface area contributed by atoms with Gasteiger partial charge in [-0.05, 0) is 116 Å². The minimum atomic E-state index is -0.706. The van der Waals surface area contributed by atoms with Crippen LogP contribution in [-0.4, -0.2) is 104 Å². The number of carbonyl (C=O) groups excluding carboxylic acids is 4. The van der Waals surface area contributed by atoms with Crippen molar-refractivity contribution in [1.82, 2.24) is 40.4 Å². The number of aromatic nitrogens is 4. The molecule has 4 N–H and O–H groups in total. The first kappa shape index (κ1) is 42.7. The van der Waals surface area contributed by atoms with Crippen molar-refractivity contribution in [2.24, 2.45) is 23.7 Å². The second-order valence-corrected chi connectivity index (χ2v) is 19.3. The van der Waals surface area contributed by atoms with Crippen molar-refractivity contribution in [3.05, 3.63) is 84.7 Å². The van der Waals surface area contributed by atoms with Crippen LogP contribution in [0.3, 0.4) is 0 Å². The molecule has 4 amide bonds. The molecule has 3 aliphatic heterocycles. The largest absolute Gasteiger partial charge is 0.453 e. The number of ether oxygens (including phenoxy) is 3. The lowest BCUT2D eigenvalue weighted by Gasteiger charge is -2.38. The van der Waals surface area contributed by atoms with Gasteiger partial charge in [-0.3, -0.25) is 9.59 Å². The molecule has 0 radical (unpaired) electrons. The van der Waals surface area contributed by atoms with Crippen LogP contribution in [0.15, 0.2) is 73.1 Å². The summed E-state index contributed by atoms with van der Waals surface area (Å²) in [4.78, 5) is 73.5. The van der Waals surface area contributed by atoms with E-state index in [1.807, 2.05) is 49.9 Å². The number of aromatic amines is 2. The topological polar surface area (TPSA) is 184 Å². The van der Waals surface area contributed by atoms with Crippen LogP contribution >= 0.6 is 0 Å². The fraction of sp³-hybridized carbons (Fsp3) is 0.480. The fourth-order valence-corrected chi connectivity index (χ4v) is 11.1. The lowest BCUT2D eigenvalue weighted by Crippen LogP contribution is -2.55. The summed E-state index contributed by atoms with van der Waals surface area (Å²) in [6.45, 7) is 7.88. The summed E-state index contributed by atoms with van der Waals surface area (Å²) in [6, 6.07) is 19.8. The third-order valence-corrected chi connectivity index (χ3v) is 14.5. The van der Waals surface area contributed by atoms with Gasteiger partial charge in [0.2, 0.25) is 11.8 Å². The number of nitrogens with zero attached hydrogens (tertiary/aromatic N) is 4. The van der Waals surface area contributed by atoms with Crippen LogP contribution in [0.25, 0.3) is 44.4 Å². The van der Waals surface area contributed by atoms with E-state index in [9.17, 15) is 19.2 Å². The number of amides is 4. The van der Waals surface area contributed by atoms with E-state index in [1.54, 1.807) is 0 Å². The number of hydrogen-bond donors (Lipinski definition) is 4. The van der Waals surface area contributed by atoms with Crippen LogP contribution in [0.4, 0.5) is 9.59 Å². The summed E-state index contributed by atoms with van der Waals surface area (Å²) in [7, 11) is 2.63. The maximum atomic E-state index is 14.5. The Morgan fingerprint density at radius 1 is 0.646 bits per heavy atom.